The lowest BCUT2D eigenvalue weighted by Gasteiger charge is -2.18. The van der Waals surface area contributed by atoms with Gasteiger partial charge in [-0.05, 0) is 37.7 Å². The molecule has 106 valence electrons. The van der Waals surface area contributed by atoms with Crippen molar-refractivity contribution in [2.24, 2.45) is 0 Å². The monoisotopic (exact) mass is 274 g/mol. The Morgan fingerprint density at radius 1 is 1.15 bits per heavy atom. The molecular weight excluding hydrogens is 256 g/mol. The molecular formula is C14H18N4O2. The molecule has 1 aliphatic heterocycles. The number of benzene rings is 1. The Labute approximate surface area is 116 Å². The van der Waals surface area contributed by atoms with Gasteiger partial charge in [-0.2, -0.15) is 0 Å². The Bertz CT molecular complexity index is 665. The van der Waals surface area contributed by atoms with Crippen molar-refractivity contribution < 1.29 is 4.79 Å². The zero-order chi connectivity index (χ0) is 13.9. The normalized spacial score (nSPS) is 17.2. The summed E-state index contributed by atoms with van der Waals surface area (Å²) in [6, 6.07) is 5.28. The number of nitrogens with zero attached hydrogens (tertiary/aromatic N) is 1. The van der Waals surface area contributed by atoms with Crippen LogP contribution in [0.3, 0.4) is 0 Å². The number of nitrogens with one attached hydrogen (secondary N) is 3. The fourth-order valence-corrected chi connectivity index (χ4v) is 2.56. The first kappa shape index (κ1) is 13.1. The lowest BCUT2D eigenvalue weighted by molar-refractivity contribution is 0.0935. The van der Waals surface area contributed by atoms with Gasteiger partial charge in [0.2, 0.25) is 0 Å². The van der Waals surface area contributed by atoms with Gasteiger partial charge in [-0.15, -0.1) is 0 Å². The molecule has 1 aliphatic rings. The minimum atomic E-state index is -0.247. The maximum absolute atomic E-state index is 12.3. The lowest BCUT2D eigenvalue weighted by Crippen LogP contribution is -2.33. The van der Waals surface area contributed by atoms with Crippen molar-refractivity contribution in [3.8, 4) is 0 Å². The summed E-state index contributed by atoms with van der Waals surface area (Å²) in [6.07, 6.45) is 1.07. The summed E-state index contributed by atoms with van der Waals surface area (Å²) in [5, 5.41) is 3.32. The number of carbonyl (C=O) groups excluding carboxylic acids is 1. The van der Waals surface area contributed by atoms with Gasteiger partial charge in [0.25, 0.3) is 0 Å². The molecule has 6 nitrogen and oxygen atoms in total. The molecule has 1 aromatic carbocycles. The molecule has 0 amide bonds. The van der Waals surface area contributed by atoms with E-state index in [1.807, 2.05) is 0 Å². The van der Waals surface area contributed by atoms with Crippen LogP contribution in [0.25, 0.3) is 11.0 Å². The van der Waals surface area contributed by atoms with Crippen LogP contribution in [0.4, 0.5) is 0 Å². The number of imidazole rings is 1. The third-order valence-electron chi connectivity index (χ3n) is 3.64. The van der Waals surface area contributed by atoms with Crippen LogP contribution in [0, 0.1) is 0 Å². The highest BCUT2D eigenvalue weighted by Crippen LogP contribution is 2.11. The summed E-state index contributed by atoms with van der Waals surface area (Å²) in [4.78, 5) is 31.1. The third-order valence-corrected chi connectivity index (χ3v) is 3.64. The van der Waals surface area contributed by atoms with E-state index in [9.17, 15) is 9.59 Å². The predicted molar refractivity (Wildman–Crippen MR) is 77.2 cm³/mol. The Kier molecular flexibility index (Phi) is 3.66. The van der Waals surface area contributed by atoms with Gasteiger partial charge in [0, 0.05) is 18.7 Å². The first-order chi connectivity index (χ1) is 9.72. The molecule has 2 aromatic rings. The van der Waals surface area contributed by atoms with Crippen LogP contribution in [-0.4, -0.2) is 53.4 Å². The number of aromatic amines is 2. The van der Waals surface area contributed by atoms with Crippen LogP contribution in [0.2, 0.25) is 0 Å². The second-order valence-corrected chi connectivity index (χ2v) is 5.14. The molecule has 0 unspecified atom stereocenters. The second-order valence-electron chi connectivity index (χ2n) is 5.14. The molecule has 3 N–H and O–H groups in total. The quantitative estimate of drug-likeness (QED) is 0.705. The summed E-state index contributed by atoms with van der Waals surface area (Å²) in [7, 11) is 0. The van der Waals surface area contributed by atoms with Gasteiger partial charge >= 0.3 is 5.69 Å². The highest BCUT2D eigenvalue weighted by Gasteiger charge is 2.14. The van der Waals surface area contributed by atoms with Crippen LogP contribution in [0.5, 0.6) is 0 Å². The number of aromatic nitrogens is 2. The first-order valence-electron chi connectivity index (χ1n) is 6.91. The van der Waals surface area contributed by atoms with Gasteiger partial charge in [0.15, 0.2) is 5.78 Å². The minimum Gasteiger partial charge on any atom is -0.315 e. The fraction of sp³-hybridized carbons (Fsp3) is 0.429. The topological polar surface area (TPSA) is 81.0 Å². The van der Waals surface area contributed by atoms with E-state index in [1.165, 1.54) is 0 Å². The van der Waals surface area contributed by atoms with Gasteiger partial charge in [-0.3, -0.25) is 9.69 Å². The smallest absolute Gasteiger partial charge is 0.315 e. The summed E-state index contributed by atoms with van der Waals surface area (Å²) in [5.41, 5.74) is 1.80. The van der Waals surface area contributed by atoms with E-state index in [4.69, 9.17) is 0 Å². The highest BCUT2D eigenvalue weighted by atomic mass is 16.1. The molecule has 2 heterocycles. The number of ketones is 1. The molecule has 1 saturated heterocycles. The van der Waals surface area contributed by atoms with Crippen molar-refractivity contribution in [2.75, 3.05) is 32.7 Å². The molecule has 0 atom stereocenters. The molecule has 0 radical (unpaired) electrons. The zero-order valence-electron chi connectivity index (χ0n) is 11.2. The molecule has 0 bridgehead atoms. The Morgan fingerprint density at radius 2 is 2.00 bits per heavy atom. The lowest BCUT2D eigenvalue weighted by atomic mass is 10.1. The van der Waals surface area contributed by atoms with Crippen LogP contribution in [0.1, 0.15) is 16.8 Å². The number of hydrogen-bond donors (Lipinski definition) is 3. The van der Waals surface area contributed by atoms with Crippen molar-refractivity contribution in [1.29, 1.82) is 0 Å². The SMILES string of the molecule is O=C(CN1CCCNCC1)c1ccc2[nH]c(=O)[nH]c2c1. The van der Waals surface area contributed by atoms with Gasteiger partial charge in [0.1, 0.15) is 0 Å². The van der Waals surface area contributed by atoms with E-state index in [0.29, 0.717) is 17.6 Å². The largest absolute Gasteiger partial charge is 0.323 e. The van der Waals surface area contributed by atoms with Crippen molar-refractivity contribution in [3.63, 3.8) is 0 Å². The first-order valence-corrected chi connectivity index (χ1v) is 6.91. The molecule has 1 fully saturated rings. The third kappa shape index (κ3) is 2.81. The van der Waals surface area contributed by atoms with Gasteiger partial charge in [0.05, 0.1) is 17.6 Å². The van der Waals surface area contributed by atoms with E-state index in [2.05, 4.69) is 20.2 Å². The number of Topliss-reactive ketones (excluding diaryl/α,β-unsaturated/α-hetero) is 1. The van der Waals surface area contributed by atoms with Crippen molar-refractivity contribution in [3.05, 3.63) is 34.2 Å². The Morgan fingerprint density at radius 3 is 2.90 bits per heavy atom. The highest BCUT2D eigenvalue weighted by molar-refractivity contribution is 6.00. The zero-order valence-corrected chi connectivity index (χ0v) is 11.2. The average molecular weight is 274 g/mol. The molecule has 3 rings (SSSR count). The number of H-pyrrole nitrogens is 2. The van der Waals surface area contributed by atoms with Crippen LogP contribution < -0.4 is 11.0 Å². The molecule has 20 heavy (non-hydrogen) atoms. The Balaban J connectivity index is 1.75. The fourth-order valence-electron chi connectivity index (χ4n) is 2.56. The van der Waals surface area contributed by atoms with E-state index < -0.39 is 0 Å². The van der Waals surface area contributed by atoms with Crippen LogP contribution >= 0.6 is 0 Å². The van der Waals surface area contributed by atoms with Gasteiger partial charge in [-0.1, -0.05) is 0 Å². The number of carbonyl (C=O) groups is 1. The molecule has 1 aromatic heterocycles. The summed E-state index contributed by atoms with van der Waals surface area (Å²) < 4.78 is 0. The average Bonchev–Trinajstić information content (AvgIpc) is 2.62. The maximum atomic E-state index is 12.3. The number of rotatable bonds is 3. The number of fused-ring (bicyclic) bond motifs is 1. The molecule has 0 saturated carbocycles. The minimum absolute atomic E-state index is 0.0934. The summed E-state index contributed by atoms with van der Waals surface area (Å²) in [6.45, 7) is 4.22. The van der Waals surface area contributed by atoms with E-state index in [-0.39, 0.29) is 11.5 Å². The maximum Gasteiger partial charge on any atom is 0.323 e. The summed E-state index contributed by atoms with van der Waals surface area (Å²) >= 11 is 0. The Hall–Kier alpha value is -1.92. The second kappa shape index (κ2) is 5.60. The van der Waals surface area contributed by atoms with E-state index in [1.54, 1.807) is 18.2 Å². The van der Waals surface area contributed by atoms with Gasteiger partial charge < -0.3 is 15.3 Å². The van der Waals surface area contributed by atoms with Crippen molar-refractivity contribution in [1.82, 2.24) is 20.2 Å². The van der Waals surface area contributed by atoms with Gasteiger partial charge in [-0.25, -0.2) is 4.79 Å². The van der Waals surface area contributed by atoms with Crippen LogP contribution in [0.15, 0.2) is 23.0 Å². The van der Waals surface area contributed by atoms with E-state index >= 15 is 0 Å². The van der Waals surface area contributed by atoms with Crippen molar-refractivity contribution >= 4 is 16.8 Å². The van der Waals surface area contributed by atoms with Crippen molar-refractivity contribution in [2.45, 2.75) is 6.42 Å². The molecule has 6 heteroatoms. The molecule has 0 aliphatic carbocycles. The standard InChI is InChI=1S/C14H18N4O2/c19-13(9-18-6-1-4-15-5-7-18)10-2-3-11-12(8-10)17-14(20)16-11/h2-3,8,15H,1,4-7,9H2,(H2,16,17,20). The van der Waals surface area contributed by atoms with E-state index in [0.717, 1.165) is 38.1 Å². The van der Waals surface area contributed by atoms with Crippen LogP contribution in [-0.2, 0) is 0 Å². The molecule has 0 spiro atoms. The summed E-state index contributed by atoms with van der Waals surface area (Å²) in [5.74, 6) is 0.0934. The predicted octanol–water partition coefficient (Wildman–Crippen LogP) is 0.334. The number of hydrogen-bond acceptors (Lipinski definition) is 4.